The predicted octanol–water partition coefficient (Wildman–Crippen LogP) is 5.63. The average Bonchev–Trinajstić information content (AvgIpc) is 3.04. The van der Waals surface area contributed by atoms with Gasteiger partial charge in [0.1, 0.15) is 0 Å². The van der Waals surface area contributed by atoms with Crippen LogP contribution >= 0.6 is 27.7 Å². The number of aryl methyl sites for hydroxylation is 1. The smallest absolute Gasteiger partial charge is 0.341 e. The summed E-state index contributed by atoms with van der Waals surface area (Å²) in [5.41, 5.74) is 2.63. The molecule has 1 heterocycles. The Bertz CT molecular complexity index is 1110. The summed E-state index contributed by atoms with van der Waals surface area (Å²) in [5.74, 6) is -0.513. The summed E-state index contributed by atoms with van der Waals surface area (Å²) >= 11 is 4.74. The number of amides is 1. The molecule has 0 saturated carbocycles. The van der Waals surface area contributed by atoms with E-state index >= 15 is 0 Å². The number of aliphatic carboxylic acids is 1. The van der Waals surface area contributed by atoms with Crippen molar-refractivity contribution in [2.24, 2.45) is 4.99 Å². The Morgan fingerprint density at radius 3 is 2.55 bits per heavy atom. The van der Waals surface area contributed by atoms with E-state index in [1.54, 1.807) is 23.1 Å². The summed E-state index contributed by atoms with van der Waals surface area (Å²) < 4.78 is 11.6. The molecule has 1 fully saturated rings. The number of hydrogen-bond donors (Lipinski definition) is 1. The van der Waals surface area contributed by atoms with Gasteiger partial charge in [-0.15, -0.1) is 0 Å². The van der Waals surface area contributed by atoms with Crippen LogP contribution in [0.1, 0.15) is 31.9 Å². The van der Waals surface area contributed by atoms with Crippen LogP contribution in [-0.4, -0.2) is 46.3 Å². The van der Waals surface area contributed by atoms with Gasteiger partial charge in [-0.1, -0.05) is 17.7 Å². The molecule has 2 aromatic carbocycles. The van der Waals surface area contributed by atoms with Crippen LogP contribution in [0.3, 0.4) is 0 Å². The largest absolute Gasteiger partial charge is 0.490 e. The topological polar surface area (TPSA) is 88.4 Å². The molecule has 2 aromatic rings. The lowest BCUT2D eigenvalue weighted by molar-refractivity contribution is -0.139. The second kappa shape index (κ2) is 10.9. The maximum absolute atomic E-state index is 13.2. The standard InChI is InChI=1S/C24H25BrN2O5S/c1-5-31-19-11-16(10-18(25)22(19)32-13-21(28)29)12-20-23(30)27(14(2)3)24(33-20)26-17-8-6-15(4)7-9-17/h6-12,14H,5,13H2,1-4H3,(H,28,29)/b20-12+,26-24?. The van der Waals surface area contributed by atoms with Gasteiger partial charge >= 0.3 is 5.97 Å². The molecule has 0 aliphatic carbocycles. The van der Waals surface area contributed by atoms with E-state index in [4.69, 9.17) is 19.6 Å². The first kappa shape index (κ1) is 24.9. The Hall–Kier alpha value is -2.78. The highest BCUT2D eigenvalue weighted by atomic mass is 79.9. The minimum absolute atomic E-state index is 0.0578. The van der Waals surface area contributed by atoms with E-state index in [1.165, 1.54) is 11.8 Å². The monoisotopic (exact) mass is 532 g/mol. The third kappa shape index (κ3) is 6.17. The van der Waals surface area contributed by atoms with Crippen molar-refractivity contribution in [2.45, 2.75) is 33.7 Å². The number of halogens is 1. The molecular weight excluding hydrogens is 508 g/mol. The molecule has 7 nitrogen and oxygen atoms in total. The van der Waals surface area contributed by atoms with Gasteiger partial charge in [-0.2, -0.15) is 0 Å². The number of carboxylic acids is 1. The Kier molecular flexibility index (Phi) is 8.20. The summed E-state index contributed by atoms with van der Waals surface area (Å²) in [4.78, 5) is 31.0. The SMILES string of the molecule is CCOc1cc(/C=C2/SC(=Nc3ccc(C)cc3)N(C(C)C)C2=O)cc(Br)c1OCC(=O)O. The zero-order valence-corrected chi connectivity index (χ0v) is 21.2. The summed E-state index contributed by atoms with van der Waals surface area (Å²) in [5, 5.41) is 9.55. The normalized spacial score (nSPS) is 16.2. The summed E-state index contributed by atoms with van der Waals surface area (Å²) in [6, 6.07) is 11.2. The Morgan fingerprint density at radius 1 is 1.24 bits per heavy atom. The number of amidine groups is 1. The Balaban J connectivity index is 1.97. The van der Waals surface area contributed by atoms with Gasteiger partial charge in [0.2, 0.25) is 0 Å². The molecule has 0 unspecified atom stereocenters. The van der Waals surface area contributed by atoms with Gasteiger partial charge in [-0.25, -0.2) is 9.79 Å². The Labute approximate surface area is 205 Å². The third-order valence-electron chi connectivity index (χ3n) is 4.58. The third-order valence-corrected chi connectivity index (χ3v) is 6.15. The van der Waals surface area contributed by atoms with Gasteiger partial charge in [0.15, 0.2) is 23.3 Å². The maximum Gasteiger partial charge on any atom is 0.341 e. The Morgan fingerprint density at radius 2 is 1.94 bits per heavy atom. The van der Waals surface area contributed by atoms with Crippen LogP contribution < -0.4 is 9.47 Å². The molecule has 33 heavy (non-hydrogen) atoms. The lowest BCUT2D eigenvalue weighted by atomic mass is 10.1. The molecule has 1 amide bonds. The number of ether oxygens (including phenoxy) is 2. The van der Waals surface area contributed by atoms with Crippen LogP contribution in [0.2, 0.25) is 0 Å². The molecule has 0 bridgehead atoms. The van der Waals surface area contributed by atoms with Gasteiger partial charge in [0.05, 0.1) is 21.7 Å². The quantitative estimate of drug-likeness (QED) is 0.443. The number of carboxylic acid groups (broad SMARTS) is 1. The van der Waals surface area contributed by atoms with Gasteiger partial charge < -0.3 is 14.6 Å². The zero-order valence-electron chi connectivity index (χ0n) is 18.8. The molecule has 1 aliphatic heterocycles. The molecule has 0 atom stereocenters. The van der Waals surface area contributed by atoms with E-state index in [0.717, 1.165) is 11.3 Å². The lowest BCUT2D eigenvalue weighted by Gasteiger charge is -2.19. The van der Waals surface area contributed by atoms with E-state index in [1.807, 2.05) is 52.0 Å². The number of thioether (sulfide) groups is 1. The van der Waals surface area contributed by atoms with Crippen LogP contribution in [0.15, 0.2) is 50.8 Å². The fraction of sp³-hybridized carbons (Fsp3) is 0.292. The first-order valence-electron chi connectivity index (χ1n) is 10.4. The molecule has 174 valence electrons. The number of carbonyl (C=O) groups excluding carboxylic acids is 1. The molecule has 9 heteroatoms. The second-order valence-corrected chi connectivity index (χ2v) is 9.42. The van der Waals surface area contributed by atoms with Crippen LogP contribution in [0.4, 0.5) is 5.69 Å². The predicted molar refractivity (Wildman–Crippen MR) is 134 cm³/mol. The summed E-state index contributed by atoms with van der Waals surface area (Å²) in [7, 11) is 0. The van der Waals surface area contributed by atoms with Crippen molar-refractivity contribution in [1.29, 1.82) is 0 Å². The molecule has 1 N–H and O–H groups in total. The van der Waals surface area contributed by atoms with E-state index in [-0.39, 0.29) is 11.9 Å². The summed E-state index contributed by atoms with van der Waals surface area (Å²) in [6.07, 6.45) is 1.77. The first-order chi connectivity index (χ1) is 15.7. The minimum Gasteiger partial charge on any atom is -0.490 e. The number of aliphatic imine (C=N–C) groups is 1. The molecule has 1 aliphatic rings. The molecule has 0 aromatic heterocycles. The van der Waals surface area contributed by atoms with Crippen LogP contribution in [0, 0.1) is 6.92 Å². The van der Waals surface area contributed by atoms with E-state index < -0.39 is 12.6 Å². The van der Waals surface area contributed by atoms with Gasteiger partial charge in [0.25, 0.3) is 5.91 Å². The highest BCUT2D eigenvalue weighted by Crippen LogP contribution is 2.40. The zero-order chi connectivity index (χ0) is 24.1. The molecular formula is C24H25BrN2O5S. The number of carbonyl (C=O) groups is 2. The van der Waals surface area contributed by atoms with Gasteiger partial charge in [-0.05, 0) is 91.3 Å². The van der Waals surface area contributed by atoms with Crippen LogP contribution in [-0.2, 0) is 9.59 Å². The minimum atomic E-state index is -1.09. The van der Waals surface area contributed by atoms with Crippen molar-refractivity contribution in [3.8, 4) is 11.5 Å². The fourth-order valence-corrected chi connectivity index (χ4v) is 4.80. The van der Waals surface area contributed by atoms with E-state index in [2.05, 4.69) is 15.9 Å². The lowest BCUT2D eigenvalue weighted by Crippen LogP contribution is -2.35. The van der Waals surface area contributed by atoms with Gasteiger partial charge in [-0.3, -0.25) is 9.69 Å². The molecule has 1 saturated heterocycles. The van der Waals surface area contributed by atoms with Crippen LogP contribution in [0.5, 0.6) is 11.5 Å². The van der Waals surface area contributed by atoms with E-state index in [0.29, 0.717) is 38.2 Å². The number of hydrogen-bond acceptors (Lipinski definition) is 6. The van der Waals surface area contributed by atoms with Crippen molar-refractivity contribution >= 4 is 56.5 Å². The van der Waals surface area contributed by atoms with Crippen molar-refractivity contribution in [3.05, 3.63) is 56.9 Å². The van der Waals surface area contributed by atoms with Crippen LogP contribution in [0.25, 0.3) is 6.08 Å². The van der Waals surface area contributed by atoms with E-state index in [9.17, 15) is 9.59 Å². The molecule has 0 spiro atoms. The maximum atomic E-state index is 13.2. The number of nitrogens with zero attached hydrogens (tertiary/aromatic N) is 2. The van der Waals surface area contributed by atoms with Crippen molar-refractivity contribution in [3.63, 3.8) is 0 Å². The second-order valence-electron chi connectivity index (χ2n) is 7.55. The van der Waals surface area contributed by atoms with Crippen molar-refractivity contribution in [2.75, 3.05) is 13.2 Å². The van der Waals surface area contributed by atoms with Gasteiger partial charge in [0, 0.05) is 6.04 Å². The molecule has 3 rings (SSSR count). The first-order valence-corrected chi connectivity index (χ1v) is 12.0. The highest BCUT2D eigenvalue weighted by Gasteiger charge is 2.35. The van der Waals surface area contributed by atoms with Crippen molar-refractivity contribution in [1.82, 2.24) is 4.90 Å². The average molecular weight is 533 g/mol. The summed E-state index contributed by atoms with van der Waals surface area (Å²) in [6.45, 7) is 7.62. The molecule has 0 radical (unpaired) electrons. The number of rotatable bonds is 8. The van der Waals surface area contributed by atoms with Crippen molar-refractivity contribution < 1.29 is 24.2 Å². The fourth-order valence-electron chi connectivity index (χ4n) is 3.11. The highest BCUT2D eigenvalue weighted by molar-refractivity contribution is 9.10. The number of benzene rings is 2.